The summed E-state index contributed by atoms with van der Waals surface area (Å²) in [5.74, 6) is 0.693. The van der Waals surface area contributed by atoms with Gasteiger partial charge in [0.2, 0.25) is 5.91 Å². The van der Waals surface area contributed by atoms with Crippen molar-refractivity contribution < 1.29 is 4.79 Å². The summed E-state index contributed by atoms with van der Waals surface area (Å²) in [6.45, 7) is 4.38. The largest absolute Gasteiger partial charge is 0.340 e. The number of carbonyl (C=O) groups excluding carboxylic acids is 1. The van der Waals surface area contributed by atoms with Crippen molar-refractivity contribution in [2.75, 3.05) is 26.2 Å². The number of nitrogens with two attached hydrogens (primary N) is 1. The molecule has 8 heteroatoms. The molecule has 1 saturated heterocycles. The SMILES string of the molecule is Cl.Cl.Cl.N[C@@H]1CCC[C@H]1CC(=O)N1CCN(Cc2ccccn2)CC1. The summed E-state index contributed by atoms with van der Waals surface area (Å²) in [7, 11) is 0. The minimum Gasteiger partial charge on any atom is -0.340 e. The van der Waals surface area contributed by atoms with Crippen LogP contribution in [0.2, 0.25) is 0 Å². The van der Waals surface area contributed by atoms with Crippen LogP contribution in [0.25, 0.3) is 0 Å². The molecule has 3 rings (SSSR count). The van der Waals surface area contributed by atoms with Gasteiger partial charge < -0.3 is 10.6 Å². The number of aromatic nitrogens is 1. The first-order chi connectivity index (χ1) is 10.7. The van der Waals surface area contributed by atoms with Crippen LogP contribution in [0.3, 0.4) is 0 Å². The molecule has 1 aliphatic heterocycles. The molecular formula is C17H29Cl3N4O. The zero-order chi connectivity index (χ0) is 15.4. The van der Waals surface area contributed by atoms with Crippen LogP contribution in [0.4, 0.5) is 0 Å². The lowest BCUT2D eigenvalue weighted by Crippen LogP contribution is -2.49. The van der Waals surface area contributed by atoms with Crippen molar-refractivity contribution in [3.8, 4) is 0 Å². The smallest absolute Gasteiger partial charge is 0.222 e. The Morgan fingerprint density at radius 2 is 1.84 bits per heavy atom. The standard InChI is InChI=1S/C17H26N4O.3ClH/c18-16-6-3-4-14(16)12-17(22)21-10-8-20(9-11-21)13-15-5-1-2-7-19-15;;;/h1-2,5,7,14,16H,3-4,6,8-13,18H2;3*1H/t14-,16+;;;/m0.../s1. The summed E-state index contributed by atoms with van der Waals surface area (Å²) < 4.78 is 0. The molecule has 0 aromatic carbocycles. The molecule has 2 heterocycles. The van der Waals surface area contributed by atoms with Gasteiger partial charge in [-0.15, -0.1) is 37.2 Å². The number of halogens is 3. The Balaban J connectivity index is 0.00000192. The van der Waals surface area contributed by atoms with Crippen LogP contribution in [-0.2, 0) is 11.3 Å². The van der Waals surface area contributed by atoms with Crippen molar-refractivity contribution in [1.29, 1.82) is 0 Å². The molecule has 0 bridgehead atoms. The fourth-order valence-electron chi connectivity index (χ4n) is 3.55. The van der Waals surface area contributed by atoms with Crippen LogP contribution >= 0.6 is 37.2 Å². The molecular weight excluding hydrogens is 383 g/mol. The zero-order valence-electron chi connectivity index (χ0n) is 14.4. The van der Waals surface area contributed by atoms with E-state index in [2.05, 4.69) is 16.0 Å². The Morgan fingerprint density at radius 3 is 2.40 bits per heavy atom. The number of piperazine rings is 1. The number of hydrogen-bond acceptors (Lipinski definition) is 4. The monoisotopic (exact) mass is 410 g/mol. The quantitative estimate of drug-likeness (QED) is 0.827. The number of hydrogen-bond donors (Lipinski definition) is 1. The van der Waals surface area contributed by atoms with Crippen molar-refractivity contribution in [2.45, 2.75) is 38.3 Å². The van der Waals surface area contributed by atoms with Gasteiger partial charge in [0, 0.05) is 51.4 Å². The molecule has 144 valence electrons. The molecule has 1 aromatic rings. The molecule has 0 radical (unpaired) electrons. The van der Waals surface area contributed by atoms with E-state index >= 15 is 0 Å². The zero-order valence-corrected chi connectivity index (χ0v) is 16.8. The Morgan fingerprint density at radius 1 is 1.12 bits per heavy atom. The predicted octanol–water partition coefficient (Wildman–Crippen LogP) is 2.51. The third-order valence-electron chi connectivity index (χ3n) is 4.99. The van der Waals surface area contributed by atoms with Gasteiger partial charge in [-0.3, -0.25) is 14.7 Å². The average molecular weight is 412 g/mol. The van der Waals surface area contributed by atoms with Crippen LogP contribution in [0.15, 0.2) is 24.4 Å². The minimum absolute atomic E-state index is 0. The molecule has 0 spiro atoms. The van der Waals surface area contributed by atoms with Crippen molar-refractivity contribution in [3.63, 3.8) is 0 Å². The number of rotatable bonds is 4. The highest BCUT2D eigenvalue weighted by Crippen LogP contribution is 2.27. The van der Waals surface area contributed by atoms with Crippen LogP contribution in [-0.4, -0.2) is 52.9 Å². The second-order valence-electron chi connectivity index (χ2n) is 6.54. The summed E-state index contributed by atoms with van der Waals surface area (Å²) in [4.78, 5) is 21.2. The molecule has 2 N–H and O–H groups in total. The van der Waals surface area contributed by atoms with Crippen LogP contribution in [0, 0.1) is 5.92 Å². The van der Waals surface area contributed by atoms with Crippen molar-refractivity contribution in [3.05, 3.63) is 30.1 Å². The Hall–Kier alpha value is -0.590. The lowest BCUT2D eigenvalue weighted by molar-refractivity contribution is -0.134. The Bertz CT molecular complexity index is 498. The molecule has 1 saturated carbocycles. The molecule has 1 aromatic heterocycles. The first-order valence-electron chi connectivity index (χ1n) is 8.38. The average Bonchev–Trinajstić information content (AvgIpc) is 2.94. The molecule has 5 nitrogen and oxygen atoms in total. The third kappa shape index (κ3) is 6.91. The minimum atomic E-state index is 0. The van der Waals surface area contributed by atoms with E-state index in [0.29, 0.717) is 18.2 Å². The second-order valence-corrected chi connectivity index (χ2v) is 6.54. The van der Waals surface area contributed by atoms with Gasteiger partial charge in [-0.25, -0.2) is 0 Å². The van der Waals surface area contributed by atoms with E-state index in [9.17, 15) is 4.79 Å². The highest BCUT2D eigenvalue weighted by Gasteiger charge is 2.29. The third-order valence-corrected chi connectivity index (χ3v) is 4.99. The first-order valence-corrected chi connectivity index (χ1v) is 8.38. The van der Waals surface area contributed by atoms with Gasteiger partial charge in [-0.2, -0.15) is 0 Å². The number of pyridine rings is 1. The van der Waals surface area contributed by atoms with Crippen molar-refractivity contribution in [1.82, 2.24) is 14.8 Å². The van der Waals surface area contributed by atoms with Gasteiger partial charge in [0.1, 0.15) is 0 Å². The normalized spacial score (nSPS) is 23.2. The van der Waals surface area contributed by atoms with Crippen molar-refractivity contribution in [2.24, 2.45) is 11.7 Å². The molecule has 2 atom stereocenters. The highest BCUT2D eigenvalue weighted by molar-refractivity contribution is 5.86. The van der Waals surface area contributed by atoms with E-state index in [0.717, 1.165) is 51.3 Å². The van der Waals surface area contributed by atoms with Crippen LogP contribution in [0.1, 0.15) is 31.4 Å². The maximum absolute atomic E-state index is 12.4. The maximum Gasteiger partial charge on any atom is 0.222 e. The van der Waals surface area contributed by atoms with Crippen molar-refractivity contribution >= 4 is 43.1 Å². The van der Waals surface area contributed by atoms with E-state index in [1.165, 1.54) is 6.42 Å². The van der Waals surface area contributed by atoms with E-state index in [1.807, 2.05) is 23.2 Å². The van der Waals surface area contributed by atoms with E-state index < -0.39 is 0 Å². The fourth-order valence-corrected chi connectivity index (χ4v) is 3.55. The second kappa shape index (κ2) is 11.9. The van der Waals surface area contributed by atoms with E-state index in [-0.39, 0.29) is 43.3 Å². The lowest BCUT2D eigenvalue weighted by Gasteiger charge is -2.35. The molecule has 2 fully saturated rings. The fraction of sp³-hybridized carbons (Fsp3) is 0.647. The number of amides is 1. The highest BCUT2D eigenvalue weighted by atomic mass is 35.5. The summed E-state index contributed by atoms with van der Waals surface area (Å²) in [5.41, 5.74) is 7.18. The number of nitrogens with zero attached hydrogens (tertiary/aromatic N) is 3. The van der Waals surface area contributed by atoms with Gasteiger partial charge in [0.15, 0.2) is 0 Å². The first kappa shape index (κ1) is 24.4. The summed E-state index contributed by atoms with van der Waals surface area (Å²) in [6.07, 6.45) is 5.85. The van der Waals surface area contributed by atoms with E-state index in [4.69, 9.17) is 5.73 Å². The molecule has 1 amide bonds. The summed E-state index contributed by atoms with van der Waals surface area (Å²) in [5, 5.41) is 0. The van der Waals surface area contributed by atoms with E-state index in [1.54, 1.807) is 0 Å². The van der Waals surface area contributed by atoms with Crippen LogP contribution in [0.5, 0.6) is 0 Å². The molecule has 2 aliphatic rings. The molecule has 1 aliphatic carbocycles. The van der Waals surface area contributed by atoms with Gasteiger partial charge in [-0.1, -0.05) is 12.5 Å². The topological polar surface area (TPSA) is 62.5 Å². The summed E-state index contributed by atoms with van der Waals surface area (Å²) >= 11 is 0. The Labute approximate surface area is 168 Å². The van der Waals surface area contributed by atoms with Gasteiger partial charge in [0.05, 0.1) is 5.69 Å². The van der Waals surface area contributed by atoms with Gasteiger partial charge in [0.25, 0.3) is 0 Å². The van der Waals surface area contributed by atoms with Crippen LogP contribution < -0.4 is 5.73 Å². The lowest BCUT2D eigenvalue weighted by atomic mass is 9.99. The summed E-state index contributed by atoms with van der Waals surface area (Å²) in [6, 6.07) is 6.24. The molecule has 25 heavy (non-hydrogen) atoms. The number of carbonyl (C=O) groups is 1. The Kier molecular flexibility index (Phi) is 11.6. The van der Waals surface area contributed by atoms with Gasteiger partial charge in [-0.05, 0) is 30.9 Å². The maximum atomic E-state index is 12.4. The van der Waals surface area contributed by atoms with Gasteiger partial charge >= 0.3 is 0 Å². The molecule has 0 unspecified atom stereocenters. The predicted molar refractivity (Wildman–Crippen MR) is 108 cm³/mol.